The predicted molar refractivity (Wildman–Crippen MR) is 282 cm³/mol. The fourth-order valence-electron chi connectivity index (χ4n) is 10.1. The molecule has 4 heteroatoms. The van der Waals surface area contributed by atoms with Gasteiger partial charge >= 0.3 is 0 Å². The predicted octanol–water partition coefficient (Wildman–Crippen LogP) is 18.5. The van der Waals surface area contributed by atoms with E-state index in [1.807, 2.05) is 12.1 Å². The van der Waals surface area contributed by atoms with Crippen LogP contribution in [0.3, 0.4) is 0 Å². The van der Waals surface area contributed by atoms with E-state index in [0.29, 0.717) is 0 Å². The van der Waals surface area contributed by atoms with Crippen molar-refractivity contribution in [1.82, 2.24) is 0 Å². The number of rotatable bonds is 9. The summed E-state index contributed by atoms with van der Waals surface area (Å²) in [5.41, 5.74) is 17.1. The molecule has 0 amide bonds. The van der Waals surface area contributed by atoms with Gasteiger partial charge in [-0.25, -0.2) is 0 Å². The summed E-state index contributed by atoms with van der Waals surface area (Å²) in [5.74, 6) is 1.63. The number of ether oxygens (including phenoxy) is 1. The molecule has 0 bridgehead atoms. The van der Waals surface area contributed by atoms with Crippen LogP contribution in [0.25, 0.3) is 77.2 Å². The molecular formula is C64H42N2O2. The first-order valence-corrected chi connectivity index (χ1v) is 23.1. The lowest BCUT2D eigenvalue weighted by atomic mass is 9.92. The summed E-state index contributed by atoms with van der Waals surface area (Å²) in [7, 11) is 0. The quantitative estimate of drug-likeness (QED) is 0.144. The number of para-hydroxylation sites is 4. The maximum Gasteiger partial charge on any atom is 0.143 e. The first-order valence-electron chi connectivity index (χ1n) is 23.1. The zero-order valence-corrected chi connectivity index (χ0v) is 37.0. The fraction of sp³-hybridized carbons (Fsp3) is 0. The lowest BCUT2D eigenvalue weighted by Crippen LogP contribution is -2.13. The van der Waals surface area contributed by atoms with Crippen LogP contribution in [0, 0.1) is 0 Å². The Morgan fingerprint density at radius 1 is 0.309 bits per heavy atom. The van der Waals surface area contributed by atoms with Gasteiger partial charge in [-0.15, -0.1) is 0 Å². The molecule has 4 nitrogen and oxygen atoms in total. The van der Waals surface area contributed by atoms with Crippen molar-refractivity contribution in [3.05, 3.63) is 255 Å². The second kappa shape index (κ2) is 16.4. The summed E-state index contributed by atoms with van der Waals surface area (Å²) >= 11 is 0. The van der Waals surface area contributed by atoms with Crippen LogP contribution < -0.4 is 14.5 Å². The first-order chi connectivity index (χ1) is 33.7. The molecule has 11 aromatic carbocycles. The number of hydrogen-bond donors (Lipinski definition) is 0. The van der Waals surface area contributed by atoms with Crippen LogP contribution in [0.5, 0.6) is 11.5 Å². The highest BCUT2D eigenvalue weighted by molar-refractivity contribution is 6.11. The summed E-state index contributed by atoms with van der Waals surface area (Å²) in [4.78, 5) is 4.65. The molecule has 320 valence electrons. The third-order valence-corrected chi connectivity index (χ3v) is 13.2. The van der Waals surface area contributed by atoms with Gasteiger partial charge in [-0.3, -0.25) is 0 Å². The van der Waals surface area contributed by atoms with Gasteiger partial charge in [0.2, 0.25) is 0 Å². The van der Waals surface area contributed by atoms with Crippen LogP contribution in [-0.4, -0.2) is 0 Å². The number of anilines is 6. The van der Waals surface area contributed by atoms with Crippen molar-refractivity contribution in [2.45, 2.75) is 0 Å². The number of nitrogens with zero attached hydrogens (tertiary/aromatic N) is 2. The molecule has 0 atom stereocenters. The van der Waals surface area contributed by atoms with Crippen molar-refractivity contribution < 1.29 is 9.15 Å². The highest BCUT2D eigenvalue weighted by Crippen LogP contribution is 2.54. The summed E-state index contributed by atoms with van der Waals surface area (Å²) in [6.07, 6.45) is 0. The monoisotopic (exact) mass is 870 g/mol. The Morgan fingerprint density at radius 2 is 0.824 bits per heavy atom. The van der Waals surface area contributed by atoms with E-state index in [1.165, 1.54) is 16.7 Å². The van der Waals surface area contributed by atoms with Gasteiger partial charge in [-0.2, -0.15) is 0 Å². The third-order valence-electron chi connectivity index (χ3n) is 13.2. The Hall–Kier alpha value is -9.12. The Morgan fingerprint density at radius 3 is 1.50 bits per heavy atom. The van der Waals surface area contributed by atoms with E-state index in [-0.39, 0.29) is 0 Å². The maximum atomic E-state index is 7.07. The van der Waals surface area contributed by atoms with Crippen molar-refractivity contribution in [2.75, 3.05) is 9.80 Å². The summed E-state index contributed by atoms with van der Waals surface area (Å²) in [6.45, 7) is 0. The van der Waals surface area contributed by atoms with E-state index >= 15 is 0 Å². The number of furan rings is 1. The van der Waals surface area contributed by atoms with Crippen molar-refractivity contribution in [1.29, 1.82) is 0 Å². The van der Waals surface area contributed by atoms with E-state index in [2.05, 4.69) is 252 Å². The van der Waals surface area contributed by atoms with Gasteiger partial charge in [0.1, 0.15) is 22.7 Å². The van der Waals surface area contributed by atoms with E-state index < -0.39 is 0 Å². The summed E-state index contributed by atoms with van der Waals surface area (Å²) in [6, 6.07) is 90.3. The van der Waals surface area contributed by atoms with Crippen LogP contribution in [0.4, 0.5) is 34.1 Å². The Balaban J connectivity index is 0.930. The summed E-state index contributed by atoms with van der Waals surface area (Å²) < 4.78 is 13.5. The molecule has 0 saturated carbocycles. The molecule has 1 aliphatic rings. The standard InChI is InChI=1S/C64H42N2O2/c1-4-15-43(16-5-1)44-29-31-45(32-30-44)46-33-37-51(38-34-46)65(52-39-35-47(36-40-52)54-23-13-24-56-55-22-10-11-27-59(55)68-64(54)56)53-41-48-17-12-25-57-62(48)61(42-53)67-60-28-14-26-58(63(57)60)66(49-18-6-2-7-19-49)50-20-8-3-9-21-50/h1-42H. The van der Waals surface area contributed by atoms with Crippen molar-refractivity contribution >= 4 is 66.8 Å². The molecule has 1 aliphatic heterocycles. The van der Waals surface area contributed by atoms with Crippen molar-refractivity contribution in [2.24, 2.45) is 0 Å². The van der Waals surface area contributed by atoms with Gasteiger partial charge in [0.05, 0.1) is 11.4 Å². The fourth-order valence-corrected chi connectivity index (χ4v) is 10.1. The van der Waals surface area contributed by atoms with E-state index in [4.69, 9.17) is 9.15 Å². The smallest absolute Gasteiger partial charge is 0.143 e. The third kappa shape index (κ3) is 6.78. The second-order valence-electron chi connectivity index (χ2n) is 17.3. The van der Waals surface area contributed by atoms with Crippen LogP contribution in [-0.2, 0) is 0 Å². The van der Waals surface area contributed by atoms with Gasteiger partial charge in [-0.05, 0) is 112 Å². The van der Waals surface area contributed by atoms with Crippen molar-refractivity contribution in [3.63, 3.8) is 0 Å². The van der Waals surface area contributed by atoms with E-state index in [0.717, 1.165) is 106 Å². The molecule has 0 aliphatic carbocycles. The average Bonchev–Trinajstić information content (AvgIpc) is 3.79. The lowest BCUT2D eigenvalue weighted by Gasteiger charge is -2.32. The lowest BCUT2D eigenvalue weighted by molar-refractivity contribution is 0.487. The SMILES string of the molecule is c1ccc(-c2ccc(-c3ccc(N(c4ccc(-c5cccc6c5oc5ccccc56)cc4)c4cc5c6c(cccc6c4)-c4c(cccc4N(c4ccccc4)c4ccccc4)O5)cc3)cc2)cc1. The Bertz CT molecular complexity index is 3750. The Kier molecular flexibility index (Phi) is 9.47. The number of benzene rings is 11. The second-order valence-corrected chi connectivity index (χ2v) is 17.3. The summed E-state index contributed by atoms with van der Waals surface area (Å²) in [5, 5.41) is 4.41. The van der Waals surface area contributed by atoms with Gasteiger partial charge in [0, 0.05) is 56.1 Å². The minimum absolute atomic E-state index is 0.815. The molecule has 0 fully saturated rings. The molecule has 68 heavy (non-hydrogen) atoms. The minimum atomic E-state index is 0.815. The minimum Gasteiger partial charge on any atom is -0.456 e. The normalized spacial score (nSPS) is 11.6. The van der Waals surface area contributed by atoms with Crippen molar-refractivity contribution in [3.8, 4) is 56.0 Å². The van der Waals surface area contributed by atoms with E-state index in [1.54, 1.807) is 0 Å². The zero-order chi connectivity index (χ0) is 45.0. The van der Waals surface area contributed by atoms with Gasteiger partial charge in [-0.1, -0.05) is 176 Å². The number of hydrogen-bond acceptors (Lipinski definition) is 4. The molecule has 0 unspecified atom stereocenters. The molecular weight excluding hydrogens is 829 g/mol. The molecule has 0 saturated heterocycles. The average molecular weight is 871 g/mol. The molecule has 12 aromatic rings. The highest BCUT2D eigenvalue weighted by Gasteiger charge is 2.28. The van der Waals surface area contributed by atoms with Crippen LogP contribution in [0.2, 0.25) is 0 Å². The molecule has 1 aromatic heterocycles. The maximum absolute atomic E-state index is 7.07. The highest BCUT2D eigenvalue weighted by atomic mass is 16.5. The van der Waals surface area contributed by atoms with Crippen LogP contribution in [0.1, 0.15) is 0 Å². The Labute approximate surface area is 394 Å². The molecule has 13 rings (SSSR count). The zero-order valence-electron chi connectivity index (χ0n) is 37.0. The largest absolute Gasteiger partial charge is 0.456 e. The number of fused-ring (bicyclic) bond motifs is 5. The first kappa shape index (κ1) is 39.3. The van der Waals surface area contributed by atoms with E-state index in [9.17, 15) is 0 Å². The van der Waals surface area contributed by atoms with Gasteiger partial charge in [0.25, 0.3) is 0 Å². The van der Waals surface area contributed by atoms with Crippen LogP contribution in [0.15, 0.2) is 259 Å². The topological polar surface area (TPSA) is 28.9 Å². The van der Waals surface area contributed by atoms with Crippen LogP contribution >= 0.6 is 0 Å². The molecule has 0 N–H and O–H groups in total. The van der Waals surface area contributed by atoms with Gasteiger partial charge in [0.15, 0.2) is 0 Å². The molecule has 0 spiro atoms. The molecule has 0 radical (unpaired) electrons. The van der Waals surface area contributed by atoms with Gasteiger partial charge < -0.3 is 19.0 Å². The molecule has 2 heterocycles.